The van der Waals surface area contributed by atoms with Crippen molar-refractivity contribution in [2.75, 3.05) is 47.3 Å². The fourth-order valence-electron chi connectivity index (χ4n) is 6.21. The van der Waals surface area contributed by atoms with Gasteiger partial charge in [0.1, 0.15) is 10.3 Å². The number of thiazole rings is 1. The number of fused-ring (bicyclic) bond motifs is 2. The van der Waals surface area contributed by atoms with E-state index in [1.807, 2.05) is 38.4 Å². The number of nitrogens with one attached hydrogen (secondary N) is 2. The van der Waals surface area contributed by atoms with Crippen LogP contribution >= 0.6 is 11.3 Å². The lowest BCUT2D eigenvalue weighted by Crippen LogP contribution is -2.32. The molecule has 2 aromatic heterocycles. The van der Waals surface area contributed by atoms with Gasteiger partial charge in [-0.2, -0.15) is 0 Å². The van der Waals surface area contributed by atoms with Crippen molar-refractivity contribution in [3.63, 3.8) is 0 Å². The van der Waals surface area contributed by atoms with Crippen LogP contribution in [0.3, 0.4) is 0 Å². The highest BCUT2D eigenvalue weighted by molar-refractivity contribution is 7.19. The van der Waals surface area contributed by atoms with Crippen LogP contribution in [0.5, 0.6) is 0 Å². The Morgan fingerprint density at radius 3 is 2.67 bits per heavy atom. The number of nitrogens with zero attached hydrogens (tertiary/aromatic N) is 4. The molecule has 5 rings (SSSR count). The van der Waals surface area contributed by atoms with Crippen LogP contribution in [0.25, 0.3) is 10.3 Å². The number of carbonyl (C=O) groups excluding carboxylic acids is 2. The highest BCUT2D eigenvalue weighted by atomic mass is 32.1. The SMILES string of the molecule is CN(C)CCC(NC(=O)c1nc2cc3c(nc2s1)CC[C@H](C(C)(C)C)C3)c1cccc(C(=O)NCC2CCN(C)C2)c1. The van der Waals surface area contributed by atoms with E-state index in [0.29, 0.717) is 35.4 Å². The van der Waals surface area contributed by atoms with E-state index in [9.17, 15) is 9.59 Å². The third-order valence-corrected chi connectivity index (χ3v) is 9.89. The molecule has 3 aromatic rings. The zero-order valence-corrected chi connectivity index (χ0v) is 26.8. The summed E-state index contributed by atoms with van der Waals surface area (Å²) in [5, 5.41) is 6.77. The predicted octanol–water partition coefficient (Wildman–Crippen LogP) is 4.95. The molecule has 0 saturated carbocycles. The van der Waals surface area contributed by atoms with E-state index in [2.05, 4.69) is 54.3 Å². The van der Waals surface area contributed by atoms with Crippen LogP contribution in [0, 0.1) is 17.3 Å². The van der Waals surface area contributed by atoms with Crippen molar-refractivity contribution in [3.8, 4) is 0 Å². The molecule has 1 aliphatic carbocycles. The van der Waals surface area contributed by atoms with Gasteiger partial charge in [0.25, 0.3) is 11.8 Å². The van der Waals surface area contributed by atoms with Crippen LogP contribution < -0.4 is 10.6 Å². The zero-order chi connectivity index (χ0) is 30.0. The third-order valence-electron chi connectivity index (χ3n) is 8.93. The fourth-order valence-corrected chi connectivity index (χ4v) is 7.05. The maximum atomic E-state index is 13.6. The molecule has 8 nitrogen and oxygen atoms in total. The molecule has 0 bridgehead atoms. The van der Waals surface area contributed by atoms with Gasteiger partial charge in [0.15, 0.2) is 5.01 Å². The Hall–Kier alpha value is -2.88. The van der Waals surface area contributed by atoms with Crippen molar-refractivity contribution in [2.24, 2.45) is 17.3 Å². The van der Waals surface area contributed by atoms with E-state index in [1.165, 1.54) is 16.9 Å². The quantitative estimate of drug-likeness (QED) is 0.367. The number of benzene rings is 1. The first-order chi connectivity index (χ1) is 20.0. The Balaban J connectivity index is 1.31. The van der Waals surface area contributed by atoms with E-state index in [-0.39, 0.29) is 23.3 Å². The van der Waals surface area contributed by atoms with Crippen molar-refractivity contribution >= 4 is 33.5 Å². The highest BCUT2D eigenvalue weighted by Crippen LogP contribution is 2.38. The van der Waals surface area contributed by atoms with Crippen LogP contribution in [-0.4, -0.2) is 78.9 Å². The van der Waals surface area contributed by atoms with E-state index in [0.717, 1.165) is 66.9 Å². The summed E-state index contributed by atoms with van der Waals surface area (Å²) in [6.07, 6.45) is 4.94. The van der Waals surface area contributed by atoms with Crippen LogP contribution in [0.2, 0.25) is 0 Å². The van der Waals surface area contributed by atoms with Crippen molar-refractivity contribution < 1.29 is 9.59 Å². The molecular formula is C33H46N6O2S. The summed E-state index contributed by atoms with van der Waals surface area (Å²) < 4.78 is 0. The molecule has 42 heavy (non-hydrogen) atoms. The van der Waals surface area contributed by atoms with Crippen LogP contribution in [0.4, 0.5) is 0 Å². The minimum atomic E-state index is -0.253. The first-order valence-electron chi connectivity index (χ1n) is 15.3. The Kier molecular flexibility index (Phi) is 9.30. The molecule has 2 amide bonds. The largest absolute Gasteiger partial charge is 0.352 e. The maximum Gasteiger partial charge on any atom is 0.280 e. The number of likely N-dealkylation sites (tertiary alicyclic amines) is 1. The highest BCUT2D eigenvalue weighted by Gasteiger charge is 2.30. The van der Waals surface area contributed by atoms with Gasteiger partial charge in [-0.05, 0) is 113 Å². The van der Waals surface area contributed by atoms with Crippen LogP contribution in [0.15, 0.2) is 30.3 Å². The number of hydrogen-bond acceptors (Lipinski definition) is 7. The predicted molar refractivity (Wildman–Crippen MR) is 170 cm³/mol. The minimum absolute atomic E-state index is 0.0704. The van der Waals surface area contributed by atoms with E-state index in [4.69, 9.17) is 9.97 Å². The van der Waals surface area contributed by atoms with Crippen LogP contribution in [-0.2, 0) is 12.8 Å². The Morgan fingerprint density at radius 2 is 1.95 bits per heavy atom. The molecule has 1 fully saturated rings. The van der Waals surface area contributed by atoms with Gasteiger partial charge in [0, 0.05) is 24.3 Å². The summed E-state index contributed by atoms with van der Waals surface area (Å²) in [6.45, 7) is 10.5. The smallest absolute Gasteiger partial charge is 0.280 e. The standard InChI is InChI=1S/C33H46N6O2S/c1-33(2,3)25-10-11-26-24(17-25)18-28-31(36-26)42-32(37-28)30(41)35-27(13-14-38(4)5)22-8-7-9-23(16-22)29(40)34-19-21-12-15-39(6)20-21/h7-9,16,18,21,25,27H,10-15,17,19-20H2,1-6H3,(H,34,40)(H,35,41)/t21?,25-,27?/m0/s1. The van der Waals surface area contributed by atoms with Gasteiger partial charge in [-0.25, -0.2) is 9.97 Å². The average molecular weight is 591 g/mol. The number of aromatic nitrogens is 2. The van der Waals surface area contributed by atoms with Gasteiger partial charge in [-0.3, -0.25) is 9.59 Å². The fraction of sp³-hybridized carbons (Fsp3) is 0.576. The molecule has 0 radical (unpaired) electrons. The molecule has 1 aliphatic heterocycles. The topological polar surface area (TPSA) is 90.5 Å². The first-order valence-corrected chi connectivity index (χ1v) is 16.1. The third kappa shape index (κ3) is 7.36. The first kappa shape index (κ1) is 30.6. The Labute approximate surface area is 254 Å². The van der Waals surface area contributed by atoms with E-state index in [1.54, 1.807) is 0 Å². The number of pyridine rings is 1. The van der Waals surface area contributed by atoms with Gasteiger partial charge in [0.05, 0.1) is 6.04 Å². The van der Waals surface area contributed by atoms with Gasteiger partial charge < -0.3 is 20.4 Å². The molecule has 0 spiro atoms. The average Bonchev–Trinajstić information content (AvgIpc) is 3.57. The number of hydrogen-bond donors (Lipinski definition) is 2. The lowest BCUT2D eigenvalue weighted by molar-refractivity contribution is 0.0931. The van der Waals surface area contributed by atoms with Crippen molar-refractivity contribution in [1.29, 1.82) is 0 Å². The molecule has 1 aromatic carbocycles. The normalized spacial score (nSPS) is 20.1. The van der Waals surface area contributed by atoms with Gasteiger partial charge in [-0.1, -0.05) is 44.2 Å². The van der Waals surface area contributed by atoms with Crippen LogP contribution in [0.1, 0.15) is 83.1 Å². The number of rotatable bonds is 9. The summed E-state index contributed by atoms with van der Waals surface area (Å²) in [7, 11) is 6.16. The lowest BCUT2D eigenvalue weighted by atomic mass is 9.71. The number of aryl methyl sites for hydroxylation is 1. The summed E-state index contributed by atoms with van der Waals surface area (Å²) in [6, 6.07) is 9.55. The Morgan fingerprint density at radius 1 is 1.14 bits per heavy atom. The van der Waals surface area contributed by atoms with Gasteiger partial charge in [0.2, 0.25) is 0 Å². The summed E-state index contributed by atoms with van der Waals surface area (Å²) in [5.41, 5.74) is 5.01. The molecule has 3 atom stereocenters. The summed E-state index contributed by atoms with van der Waals surface area (Å²) in [4.78, 5) is 41.5. The molecule has 9 heteroatoms. The van der Waals surface area contributed by atoms with Crippen molar-refractivity contribution in [2.45, 2.75) is 58.9 Å². The molecule has 1 saturated heterocycles. The Bertz CT molecular complexity index is 1430. The van der Waals surface area contributed by atoms with Crippen molar-refractivity contribution in [3.05, 3.63) is 57.7 Å². The molecule has 2 N–H and O–H groups in total. The zero-order valence-electron chi connectivity index (χ0n) is 26.0. The second-order valence-electron chi connectivity index (χ2n) is 13.6. The minimum Gasteiger partial charge on any atom is -0.352 e. The molecule has 2 unspecified atom stereocenters. The second-order valence-corrected chi connectivity index (χ2v) is 14.6. The molecule has 2 aliphatic rings. The number of carbonyl (C=O) groups is 2. The van der Waals surface area contributed by atoms with Gasteiger partial charge >= 0.3 is 0 Å². The van der Waals surface area contributed by atoms with Crippen molar-refractivity contribution in [1.82, 2.24) is 30.4 Å². The summed E-state index contributed by atoms with van der Waals surface area (Å²) in [5.74, 6) is 0.833. The second kappa shape index (κ2) is 12.8. The molecule has 226 valence electrons. The number of amides is 2. The van der Waals surface area contributed by atoms with E-state index >= 15 is 0 Å². The van der Waals surface area contributed by atoms with Gasteiger partial charge in [-0.15, -0.1) is 0 Å². The summed E-state index contributed by atoms with van der Waals surface area (Å²) >= 11 is 1.36. The monoisotopic (exact) mass is 590 g/mol. The molecular weight excluding hydrogens is 544 g/mol. The maximum absolute atomic E-state index is 13.6. The molecule has 3 heterocycles. The van der Waals surface area contributed by atoms with E-state index < -0.39 is 0 Å². The lowest BCUT2D eigenvalue weighted by Gasteiger charge is -2.34.